The van der Waals surface area contributed by atoms with Gasteiger partial charge in [0.2, 0.25) is 5.88 Å². The molecule has 3 aromatic rings. The number of benzene rings is 2. The van der Waals surface area contributed by atoms with Gasteiger partial charge in [0.25, 0.3) is 5.56 Å². The summed E-state index contributed by atoms with van der Waals surface area (Å²) in [5.74, 6) is -0.354. The highest BCUT2D eigenvalue weighted by atomic mass is 79.9. The van der Waals surface area contributed by atoms with Crippen molar-refractivity contribution in [2.45, 2.75) is 0 Å². The van der Waals surface area contributed by atoms with Crippen molar-refractivity contribution in [1.82, 2.24) is 4.98 Å². The lowest BCUT2D eigenvalue weighted by Crippen LogP contribution is -2.42. The third kappa shape index (κ3) is 2.72. The van der Waals surface area contributed by atoms with Gasteiger partial charge in [0.15, 0.2) is 5.84 Å². The molecule has 3 N–H and O–H groups in total. The molecule has 0 radical (unpaired) electrons. The fourth-order valence-electron chi connectivity index (χ4n) is 2.83. The van der Waals surface area contributed by atoms with Gasteiger partial charge in [-0.05, 0) is 35.9 Å². The van der Waals surface area contributed by atoms with Crippen LogP contribution in [0.25, 0.3) is 6.08 Å². The molecule has 0 aliphatic carbocycles. The number of amidine groups is 1. The molecule has 0 amide bonds. The van der Waals surface area contributed by atoms with E-state index < -0.39 is 5.56 Å². The van der Waals surface area contributed by atoms with Gasteiger partial charge >= 0.3 is 0 Å². The Kier molecular flexibility index (Phi) is 3.93. The molecule has 0 bridgehead atoms. The zero-order valence-electron chi connectivity index (χ0n) is 13.4. The van der Waals surface area contributed by atoms with E-state index >= 15 is 0 Å². The van der Waals surface area contributed by atoms with Gasteiger partial charge in [0.05, 0.1) is 10.9 Å². The number of nitrogens with zero attached hydrogens (tertiary/aromatic N) is 2. The van der Waals surface area contributed by atoms with Crippen LogP contribution in [0.4, 0.5) is 5.69 Å². The molecule has 1 aromatic heterocycles. The predicted octanol–water partition coefficient (Wildman–Crippen LogP) is 2.05. The summed E-state index contributed by atoms with van der Waals surface area (Å²) in [7, 11) is 0. The Bertz CT molecular complexity index is 1200. The normalized spacial score (nSPS) is 13.7. The summed E-state index contributed by atoms with van der Waals surface area (Å²) in [5.41, 5.74) is 1.22. The molecule has 0 saturated carbocycles. The summed E-state index contributed by atoms with van der Waals surface area (Å²) in [4.78, 5) is 14.8. The van der Waals surface area contributed by atoms with Gasteiger partial charge in [-0.2, -0.15) is 5.10 Å². The quantitative estimate of drug-likeness (QED) is 0.605. The van der Waals surface area contributed by atoms with Gasteiger partial charge in [-0.1, -0.05) is 46.3 Å². The first-order valence-corrected chi connectivity index (χ1v) is 8.59. The number of hydrogen-bond donors (Lipinski definition) is 3. The second kappa shape index (κ2) is 6.27. The van der Waals surface area contributed by atoms with Crippen molar-refractivity contribution in [2.24, 2.45) is 5.10 Å². The minimum Gasteiger partial charge on any atom is -0.494 e. The molecule has 26 heavy (non-hydrogen) atoms. The zero-order chi connectivity index (χ0) is 18.3. The average molecular weight is 409 g/mol. The number of fused-ring (bicyclic) bond motifs is 1. The molecule has 0 fully saturated rings. The van der Waals surface area contributed by atoms with Crippen molar-refractivity contribution < 1.29 is 5.11 Å². The van der Waals surface area contributed by atoms with Gasteiger partial charge in [-0.3, -0.25) is 15.2 Å². The van der Waals surface area contributed by atoms with Gasteiger partial charge in [-0.15, -0.1) is 0 Å². The van der Waals surface area contributed by atoms with Crippen molar-refractivity contribution >= 4 is 33.5 Å². The van der Waals surface area contributed by atoms with Gasteiger partial charge in [0.1, 0.15) is 10.9 Å². The second-order valence-electron chi connectivity index (χ2n) is 5.74. The summed E-state index contributed by atoms with van der Waals surface area (Å²) < 4.78 is 0.883. The number of hydrogen-bond acceptors (Lipinski definition) is 4. The van der Waals surface area contributed by atoms with Crippen LogP contribution in [-0.2, 0) is 0 Å². The van der Waals surface area contributed by atoms with E-state index in [1.165, 1.54) is 5.01 Å². The van der Waals surface area contributed by atoms with Crippen molar-refractivity contribution in [3.63, 3.8) is 0 Å². The molecular weight excluding hydrogens is 396 g/mol. The highest BCUT2D eigenvalue weighted by molar-refractivity contribution is 9.10. The third-order valence-electron chi connectivity index (χ3n) is 4.01. The van der Waals surface area contributed by atoms with E-state index in [0.717, 1.165) is 10.0 Å². The molecule has 1 aliphatic rings. The number of H-pyrrole nitrogens is 1. The fourth-order valence-corrected chi connectivity index (χ4v) is 3.25. The Labute approximate surface area is 156 Å². The van der Waals surface area contributed by atoms with Crippen LogP contribution in [0.15, 0.2) is 69.0 Å². The van der Waals surface area contributed by atoms with Gasteiger partial charge in [-0.25, -0.2) is 5.01 Å². The number of anilines is 1. The van der Waals surface area contributed by atoms with E-state index in [1.54, 1.807) is 18.2 Å². The van der Waals surface area contributed by atoms with Crippen LogP contribution in [0.3, 0.4) is 0 Å². The number of aromatic amines is 1. The largest absolute Gasteiger partial charge is 0.494 e. The number of nitrogens with one attached hydrogen (secondary N) is 2. The van der Waals surface area contributed by atoms with Crippen LogP contribution in [0.1, 0.15) is 11.1 Å². The predicted molar refractivity (Wildman–Crippen MR) is 103 cm³/mol. The Morgan fingerprint density at radius 2 is 1.92 bits per heavy atom. The first kappa shape index (κ1) is 16.3. The lowest BCUT2D eigenvalue weighted by atomic mass is 10.1. The number of pyridine rings is 1. The Hall–Kier alpha value is -3.19. The molecule has 0 atom stereocenters. The van der Waals surface area contributed by atoms with Gasteiger partial charge < -0.3 is 5.11 Å². The SMILES string of the molecule is N=C1c2c(O)[nH]c(=O)/c(=C/c3cccc(Br)c3)c2=NN1c1ccccc1. The number of rotatable bonds is 2. The van der Waals surface area contributed by atoms with E-state index in [2.05, 4.69) is 26.0 Å². The van der Waals surface area contributed by atoms with Crippen LogP contribution in [-0.4, -0.2) is 15.9 Å². The maximum atomic E-state index is 12.4. The molecule has 2 heterocycles. The first-order chi connectivity index (χ1) is 12.5. The number of halogens is 1. The minimum absolute atomic E-state index is 0.00356. The third-order valence-corrected chi connectivity index (χ3v) is 4.51. The average Bonchev–Trinajstić information content (AvgIpc) is 2.97. The molecule has 2 aromatic carbocycles. The molecule has 7 heteroatoms. The smallest absolute Gasteiger partial charge is 0.260 e. The van der Waals surface area contributed by atoms with E-state index in [0.29, 0.717) is 10.9 Å². The summed E-state index contributed by atoms with van der Waals surface area (Å²) >= 11 is 3.41. The Morgan fingerprint density at radius 1 is 1.15 bits per heavy atom. The van der Waals surface area contributed by atoms with Crippen LogP contribution in [0, 0.1) is 5.41 Å². The van der Waals surface area contributed by atoms with Crippen molar-refractivity contribution in [3.05, 3.63) is 91.1 Å². The summed E-state index contributed by atoms with van der Waals surface area (Å²) in [6.45, 7) is 0. The molecule has 4 rings (SSSR count). The van der Waals surface area contributed by atoms with Crippen LogP contribution in [0.2, 0.25) is 0 Å². The summed E-state index contributed by atoms with van der Waals surface area (Å²) in [5, 5.41) is 24.9. The Morgan fingerprint density at radius 3 is 2.65 bits per heavy atom. The van der Waals surface area contributed by atoms with E-state index in [9.17, 15) is 9.90 Å². The van der Waals surface area contributed by atoms with Crippen molar-refractivity contribution in [1.29, 1.82) is 5.41 Å². The molecular formula is C19H13BrN4O2. The Balaban J connectivity index is 2.00. The second-order valence-corrected chi connectivity index (χ2v) is 6.65. The molecule has 0 unspecified atom stereocenters. The summed E-state index contributed by atoms with van der Waals surface area (Å²) in [6, 6.07) is 16.6. The van der Waals surface area contributed by atoms with Crippen LogP contribution >= 0.6 is 15.9 Å². The van der Waals surface area contributed by atoms with Crippen LogP contribution < -0.4 is 21.1 Å². The topological polar surface area (TPSA) is 92.5 Å². The zero-order valence-corrected chi connectivity index (χ0v) is 15.0. The monoisotopic (exact) mass is 408 g/mol. The number of para-hydroxylation sites is 1. The molecule has 1 aliphatic heterocycles. The highest BCUT2D eigenvalue weighted by Gasteiger charge is 2.26. The van der Waals surface area contributed by atoms with Crippen LogP contribution in [0.5, 0.6) is 5.88 Å². The first-order valence-electron chi connectivity index (χ1n) is 7.80. The lowest BCUT2D eigenvalue weighted by Gasteiger charge is -2.13. The fraction of sp³-hybridized carbons (Fsp3) is 0. The van der Waals surface area contributed by atoms with Crippen molar-refractivity contribution in [2.75, 3.05) is 5.01 Å². The summed E-state index contributed by atoms with van der Waals surface area (Å²) in [6.07, 6.45) is 1.69. The maximum absolute atomic E-state index is 12.4. The van der Waals surface area contributed by atoms with E-state index in [1.807, 2.05) is 42.5 Å². The highest BCUT2D eigenvalue weighted by Crippen LogP contribution is 2.21. The van der Waals surface area contributed by atoms with Gasteiger partial charge in [0, 0.05) is 4.47 Å². The standard InChI is InChI=1S/C19H13BrN4O2/c20-12-6-4-5-11(9-12)10-14-16-15(19(26)22-18(14)25)17(21)24(23-16)13-7-2-1-3-8-13/h1-10,21,26H,(H,22,25)/b14-10+,21-17?. The minimum atomic E-state index is -0.465. The van der Waals surface area contributed by atoms with E-state index in [4.69, 9.17) is 5.41 Å². The molecule has 0 spiro atoms. The van der Waals surface area contributed by atoms with E-state index in [-0.39, 0.29) is 22.6 Å². The molecule has 6 nitrogen and oxygen atoms in total. The molecule has 128 valence electrons. The maximum Gasteiger partial charge on any atom is 0.260 e. The lowest BCUT2D eigenvalue weighted by molar-refractivity contribution is 0.449. The number of aromatic hydroxyl groups is 1. The number of aromatic nitrogens is 1. The van der Waals surface area contributed by atoms with Crippen molar-refractivity contribution in [3.8, 4) is 5.88 Å². The molecule has 0 saturated heterocycles.